The van der Waals surface area contributed by atoms with E-state index >= 15 is 0 Å². The van der Waals surface area contributed by atoms with Crippen LogP contribution in [0.5, 0.6) is 0 Å². The molecule has 0 atom stereocenters. The number of nitrogens with two attached hydrogens (primary N) is 1. The predicted octanol–water partition coefficient (Wildman–Crippen LogP) is 0.0337. The number of aromatic nitrogens is 4. The lowest BCUT2D eigenvalue weighted by Crippen LogP contribution is -2.23. The lowest BCUT2D eigenvalue weighted by Gasteiger charge is -2.02. The quantitative estimate of drug-likeness (QED) is 0.776. The van der Waals surface area contributed by atoms with Gasteiger partial charge in [-0.2, -0.15) is 5.10 Å². The Morgan fingerprint density at radius 2 is 2.33 bits per heavy atom. The Morgan fingerprint density at radius 3 is 3.00 bits per heavy atom. The number of aryl methyl sites for hydroxylation is 1. The molecule has 0 fully saturated rings. The molecule has 2 N–H and O–H groups in total. The highest BCUT2D eigenvalue weighted by molar-refractivity contribution is 7.09. The van der Waals surface area contributed by atoms with E-state index in [0.717, 1.165) is 17.2 Å². The zero-order valence-electron chi connectivity index (χ0n) is 8.04. The molecule has 0 saturated carbocycles. The third kappa shape index (κ3) is 2.01. The van der Waals surface area contributed by atoms with Crippen molar-refractivity contribution in [2.24, 2.45) is 0 Å². The highest BCUT2D eigenvalue weighted by atomic mass is 32.1. The zero-order chi connectivity index (χ0) is 10.8. The van der Waals surface area contributed by atoms with Crippen molar-refractivity contribution in [2.45, 2.75) is 13.5 Å². The van der Waals surface area contributed by atoms with E-state index in [4.69, 9.17) is 5.73 Å². The van der Waals surface area contributed by atoms with Crippen LogP contribution >= 0.6 is 11.5 Å². The van der Waals surface area contributed by atoms with Gasteiger partial charge in [0.15, 0.2) is 0 Å². The SMILES string of the molecule is Cc1ccc(=O)n(Cc2nnsc2N)n1. The first-order chi connectivity index (χ1) is 7.16. The molecule has 7 heteroatoms. The molecule has 0 amide bonds. The number of anilines is 1. The van der Waals surface area contributed by atoms with Crippen molar-refractivity contribution in [1.82, 2.24) is 19.4 Å². The van der Waals surface area contributed by atoms with E-state index in [1.165, 1.54) is 10.7 Å². The lowest BCUT2D eigenvalue weighted by atomic mass is 10.4. The zero-order valence-corrected chi connectivity index (χ0v) is 8.86. The van der Waals surface area contributed by atoms with E-state index in [-0.39, 0.29) is 12.1 Å². The molecule has 0 spiro atoms. The molecule has 2 aromatic rings. The monoisotopic (exact) mass is 223 g/mol. The van der Waals surface area contributed by atoms with Crippen LogP contribution in [0.4, 0.5) is 5.00 Å². The van der Waals surface area contributed by atoms with Gasteiger partial charge in [-0.3, -0.25) is 4.79 Å². The van der Waals surface area contributed by atoms with Crippen molar-refractivity contribution in [1.29, 1.82) is 0 Å². The summed E-state index contributed by atoms with van der Waals surface area (Å²) in [7, 11) is 0. The van der Waals surface area contributed by atoms with Gasteiger partial charge in [-0.05, 0) is 13.0 Å². The summed E-state index contributed by atoms with van der Waals surface area (Å²) >= 11 is 1.11. The smallest absolute Gasteiger partial charge is 0.267 e. The van der Waals surface area contributed by atoms with Crippen molar-refractivity contribution in [3.05, 3.63) is 33.9 Å². The van der Waals surface area contributed by atoms with Crippen LogP contribution in [0.1, 0.15) is 11.4 Å². The second kappa shape index (κ2) is 3.77. The van der Waals surface area contributed by atoms with E-state index in [9.17, 15) is 4.79 Å². The van der Waals surface area contributed by atoms with Gasteiger partial charge in [0, 0.05) is 17.6 Å². The van der Waals surface area contributed by atoms with Crippen LogP contribution in [0.15, 0.2) is 16.9 Å². The average molecular weight is 223 g/mol. The molecular formula is C8H9N5OS. The summed E-state index contributed by atoms with van der Waals surface area (Å²) in [5, 5.41) is 8.42. The van der Waals surface area contributed by atoms with Gasteiger partial charge in [0.1, 0.15) is 10.7 Å². The Bertz CT molecular complexity index is 532. The van der Waals surface area contributed by atoms with Gasteiger partial charge in [-0.15, -0.1) is 5.10 Å². The summed E-state index contributed by atoms with van der Waals surface area (Å²) < 4.78 is 5.02. The molecule has 0 aromatic carbocycles. The van der Waals surface area contributed by atoms with Crippen molar-refractivity contribution in [2.75, 3.05) is 5.73 Å². The predicted molar refractivity (Wildman–Crippen MR) is 56.7 cm³/mol. The largest absolute Gasteiger partial charge is 0.388 e. The molecule has 6 nitrogen and oxygen atoms in total. The Hall–Kier alpha value is -1.76. The summed E-state index contributed by atoms with van der Waals surface area (Å²) in [6.45, 7) is 2.08. The number of nitrogens with zero attached hydrogens (tertiary/aromatic N) is 4. The molecule has 15 heavy (non-hydrogen) atoms. The van der Waals surface area contributed by atoms with E-state index in [0.29, 0.717) is 10.7 Å². The van der Waals surface area contributed by atoms with Gasteiger partial charge >= 0.3 is 0 Å². The molecule has 0 radical (unpaired) electrons. The van der Waals surface area contributed by atoms with Gasteiger partial charge < -0.3 is 5.73 Å². The van der Waals surface area contributed by atoms with E-state index in [1.807, 2.05) is 6.92 Å². The molecule has 78 valence electrons. The Labute approximate surface area is 89.5 Å². The highest BCUT2D eigenvalue weighted by Crippen LogP contribution is 2.12. The van der Waals surface area contributed by atoms with E-state index in [1.54, 1.807) is 6.07 Å². The van der Waals surface area contributed by atoms with E-state index < -0.39 is 0 Å². The summed E-state index contributed by atoms with van der Waals surface area (Å²) in [6, 6.07) is 3.14. The van der Waals surface area contributed by atoms with Gasteiger partial charge in [0.25, 0.3) is 5.56 Å². The van der Waals surface area contributed by atoms with Gasteiger partial charge in [0.05, 0.1) is 12.2 Å². The molecule has 0 aliphatic rings. The first kappa shape index (κ1) is 9.78. The molecule has 0 saturated heterocycles. The molecule has 2 rings (SSSR count). The maximum Gasteiger partial charge on any atom is 0.267 e. The molecule has 0 unspecified atom stereocenters. The second-order valence-electron chi connectivity index (χ2n) is 3.05. The summed E-state index contributed by atoms with van der Waals surface area (Å²) in [5.74, 6) is 0. The van der Waals surface area contributed by atoms with E-state index in [2.05, 4.69) is 14.7 Å². The standard InChI is InChI=1S/C8H9N5OS/c1-5-2-3-7(14)13(11-5)4-6-8(9)15-12-10-6/h2-3H,4,9H2,1H3. The van der Waals surface area contributed by atoms with Crippen molar-refractivity contribution in [3.8, 4) is 0 Å². The van der Waals surface area contributed by atoms with Crippen LogP contribution in [-0.4, -0.2) is 19.4 Å². The number of rotatable bonds is 2. The molecular weight excluding hydrogens is 214 g/mol. The third-order valence-corrected chi connectivity index (χ3v) is 2.48. The number of nitrogen functional groups attached to an aromatic ring is 1. The topological polar surface area (TPSA) is 86.7 Å². The summed E-state index contributed by atoms with van der Waals surface area (Å²) in [6.07, 6.45) is 0. The molecule has 0 aliphatic heterocycles. The van der Waals surface area contributed by atoms with Crippen LogP contribution < -0.4 is 11.3 Å². The Morgan fingerprint density at radius 1 is 1.53 bits per heavy atom. The number of hydrogen-bond donors (Lipinski definition) is 1. The van der Waals surface area contributed by atoms with Crippen LogP contribution in [0, 0.1) is 6.92 Å². The van der Waals surface area contributed by atoms with Gasteiger partial charge in [0.2, 0.25) is 0 Å². The Kier molecular flexibility index (Phi) is 2.46. The summed E-state index contributed by atoms with van der Waals surface area (Å²) in [4.78, 5) is 11.4. The normalized spacial score (nSPS) is 10.5. The maximum atomic E-state index is 11.4. The van der Waals surface area contributed by atoms with Crippen LogP contribution in [0.25, 0.3) is 0 Å². The fourth-order valence-electron chi connectivity index (χ4n) is 1.13. The minimum Gasteiger partial charge on any atom is -0.388 e. The lowest BCUT2D eigenvalue weighted by molar-refractivity contribution is 0.618. The maximum absolute atomic E-state index is 11.4. The van der Waals surface area contributed by atoms with Crippen LogP contribution in [0.2, 0.25) is 0 Å². The third-order valence-electron chi connectivity index (χ3n) is 1.88. The molecule has 2 heterocycles. The number of hydrogen-bond acceptors (Lipinski definition) is 6. The van der Waals surface area contributed by atoms with Gasteiger partial charge in [-0.25, -0.2) is 4.68 Å². The van der Waals surface area contributed by atoms with Crippen molar-refractivity contribution >= 4 is 16.5 Å². The molecule has 0 bridgehead atoms. The van der Waals surface area contributed by atoms with Crippen molar-refractivity contribution in [3.63, 3.8) is 0 Å². The van der Waals surface area contributed by atoms with Crippen molar-refractivity contribution < 1.29 is 0 Å². The Balaban J connectivity index is 2.36. The highest BCUT2D eigenvalue weighted by Gasteiger charge is 2.06. The molecule has 0 aliphatic carbocycles. The summed E-state index contributed by atoms with van der Waals surface area (Å²) in [5.41, 5.74) is 6.81. The minimum absolute atomic E-state index is 0.173. The minimum atomic E-state index is -0.173. The fraction of sp³-hybridized carbons (Fsp3) is 0.250. The van der Waals surface area contributed by atoms with Crippen LogP contribution in [0.3, 0.4) is 0 Å². The second-order valence-corrected chi connectivity index (χ2v) is 3.84. The van der Waals surface area contributed by atoms with Crippen LogP contribution in [-0.2, 0) is 6.54 Å². The first-order valence-corrected chi connectivity index (χ1v) is 5.05. The average Bonchev–Trinajstić information content (AvgIpc) is 2.58. The molecule has 2 aromatic heterocycles. The van der Waals surface area contributed by atoms with Gasteiger partial charge in [-0.1, -0.05) is 4.49 Å². The fourth-order valence-corrected chi connectivity index (χ4v) is 1.57. The first-order valence-electron chi connectivity index (χ1n) is 4.28.